The molecule has 1 amide bonds. The van der Waals surface area contributed by atoms with E-state index in [1.165, 1.54) is 12.5 Å². The standard InChI is InChI=1S/C34H38N2O5/c1-7-15-36-16-14-34-25-11-12-26(35(5)30(38)13-10-23-9-8-20(2)21(3)17-23)33(34)41-32-29(39-6)19-28(40-22(4)37)24(31(32)34)18-27(25)36/h7-9,17,19,25-27,33H,1,11-12,14-16,18H2,2-6H3/t25-,26+,27+,33-,34-/m0/s1. The number of carbonyl (C=O) groups is 2. The molecular weight excluding hydrogens is 516 g/mol. The Hall–Kier alpha value is -3.76. The number of amides is 1. The fraction of sp³-hybridized carbons (Fsp3) is 0.471. The van der Waals surface area contributed by atoms with Gasteiger partial charge < -0.3 is 19.1 Å². The highest BCUT2D eigenvalue weighted by molar-refractivity contribution is 5.94. The normalized spacial score (nSPS) is 27.0. The third kappa shape index (κ3) is 4.23. The van der Waals surface area contributed by atoms with Crippen molar-refractivity contribution in [3.8, 4) is 29.1 Å². The number of hydrogen-bond donors (Lipinski definition) is 0. The Balaban J connectivity index is 1.41. The van der Waals surface area contributed by atoms with Gasteiger partial charge in [-0.25, -0.2) is 0 Å². The Bertz CT molecular complexity index is 1500. The first-order valence-corrected chi connectivity index (χ1v) is 14.5. The molecule has 2 bridgehead atoms. The van der Waals surface area contributed by atoms with Gasteiger partial charge in [0.25, 0.3) is 5.91 Å². The van der Waals surface area contributed by atoms with E-state index in [1.807, 2.05) is 31.3 Å². The number of likely N-dealkylation sites (tertiary alicyclic amines) is 1. The van der Waals surface area contributed by atoms with E-state index in [0.29, 0.717) is 17.4 Å². The third-order valence-electron chi connectivity index (χ3n) is 9.95. The lowest BCUT2D eigenvalue weighted by atomic mass is 9.51. The van der Waals surface area contributed by atoms with Gasteiger partial charge in [0.05, 0.1) is 13.2 Å². The molecule has 1 saturated heterocycles. The molecule has 2 heterocycles. The molecule has 214 valence electrons. The van der Waals surface area contributed by atoms with Crippen LogP contribution in [-0.2, 0) is 21.4 Å². The van der Waals surface area contributed by atoms with Crippen LogP contribution in [0.4, 0.5) is 0 Å². The van der Waals surface area contributed by atoms with E-state index in [4.69, 9.17) is 14.2 Å². The largest absolute Gasteiger partial charge is 0.493 e. The summed E-state index contributed by atoms with van der Waals surface area (Å²) in [6, 6.07) is 7.91. The van der Waals surface area contributed by atoms with Gasteiger partial charge in [0, 0.05) is 60.7 Å². The van der Waals surface area contributed by atoms with Crippen LogP contribution in [0.3, 0.4) is 0 Å². The van der Waals surface area contributed by atoms with Crippen molar-refractivity contribution in [1.82, 2.24) is 9.80 Å². The second-order valence-electron chi connectivity index (χ2n) is 12.0. The fourth-order valence-corrected chi connectivity index (χ4v) is 8.01. The minimum atomic E-state index is -0.361. The maximum atomic E-state index is 13.5. The number of aryl methyl sites for hydroxylation is 2. The molecule has 7 heteroatoms. The van der Waals surface area contributed by atoms with E-state index in [2.05, 4.69) is 37.2 Å². The predicted octanol–water partition coefficient (Wildman–Crippen LogP) is 4.34. The van der Waals surface area contributed by atoms with Crippen molar-refractivity contribution in [2.45, 2.75) is 70.1 Å². The number of likely N-dealkylation sites (N-methyl/N-ethyl adjacent to an activating group) is 1. The molecule has 0 N–H and O–H groups in total. The van der Waals surface area contributed by atoms with E-state index in [1.54, 1.807) is 18.1 Å². The minimum absolute atomic E-state index is 0.153. The molecule has 5 atom stereocenters. The summed E-state index contributed by atoms with van der Waals surface area (Å²) in [4.78, 5) is 29.9. The van der Waals surface area contributed by atoms with Crippen LogP contribution in [0.25, 0.3) is 0 Å². The topological polar surface area (TPSA) is 68.3 Å². The van der Waals surface area contributed by atoms with Crippen molar-refractivity contribution >= 4 is 11.9 Å². The number of carbonyl (C=O) groups excluding carboxylic acids is 2. The van der Waals surface area contributed by atoms with Crippen LogP contribution in [0.15, 0.2) is 36.9 Å². The Labute approximate surface area is 242 Å². The van der Waals surface area contributed by atoms with Crippen LogP contribution in [0.2, 0.25) is 0 Å². The zero-order chi connectivity index (χ0) is 29.1. The molecule has 6 rings (SSSR count). The third-order valence-corrected chi connectivity index (χ3v) is 9.95. The zero-order valence-electron chi connectivity index (χ0n) is 24.6. The molecule has 1 spiro atoms. The van der Waals surface area contributed by atoms with E-state index < -0.39 is 0 Å². The highest BCUT2D eigenvalue weighted by Gasteiger charge is 2.67. The van der Waals surface area contributed by atoms with Crippen molar-refractivity contribution in [1.29, 1.82) is 0 Å². The fourth-order valence-electron chi connectivity index (χ4n) is 8.01. The first kappa shape index (κ1) is 27.4. The van der Waals surface area contributed by atoms with Gasteiger partial charge in [0.1, 0.15) is 11.9 Å². The smallest absolute Gasteiger partial charge is 0.308 e. The lowest BCUT2D eigenvalue weighted by molar-refractivity contribution is -0.134. The van der Waals surface area contributed by atoms with Crippen molar-refractivity contribution in [2.24, 2.45) is 5.92 Å². The number of methoxy groups -OCH3 is 1. The zero-order valence-corrected chi connectivity index (χ0v) is 24.6. The molecular formula is C34H38N2O5. The second-order valence-corrected chi connectivity index (χ2v) is 12.0. The Kier molecular flexibility index (Phi) is 6.86. The number of hydrogen-bond acceptors (Lipinski definition) is 6. The number of esters is 1. The summed E-state index contributed by atoms with van der Waals surface area (Å²) in [5, 5.41) is 0. The first-order chi connectivity index (χ1) is 19.7. The second kappa shape index (κ2) is 10.3. The summed E-state index contributed by atoms with van der Waals surface area (Å²) < 4.78 is 18.5. The van der Waals surface area contributed by atoms with Gasteiger partial charge in [0.15, 0.2) is 11.5 Å². The van der Waals surface area contributed by atoms with Crippen LogP contribution in [0.1, 0.15) is 54.0 Å². The quantitative estimate of drug-likeness (QED) is 0.237. The minimum Gasteiger partial charge on any atom is -0.493 e. The molecule has 2 aromatic carbocycles. The van der Waals surface area contributed by atoms with E-state index >= 15 is 0 Å². The van der Waals surface area contributed by atoms with Crippen LogP contribution >= 0.6 is 0 Å². The lowest BCUT2D eigenvalue weighted by Gasteiger charge is -2.60. The van der Waals surface area contributed by atoms with Crippen LogP contribution in [0, 0.1) is 31.6 Å². The van der Waals surface area contributed by atoms with E-state index in [0.717, 1.165) is 66.8 Å². The summed E-state index contributed by atoms with van der Waals surface area (Å²) in [5.74, 6) is 7.58. The monoisotopic (exact) mass is 554 g/mol. The van der Waals surface area contributed by atoms with E-state index in [9.17, 15) is 9.59 Å². The highest BCUT2D eigenvalue weighted by Crippen LogP contribution is 2.65. The number of rotatable bonds is 5. The maximum absolute atomic E-state index is 13.5. The maximum Gasteiger partial charge on any atom is 0.308 e. The number of piperidine rings is 1. The van der Waals surface area contributed by atoms with Gasteiger partial charge >= 0.3 is 5.97 Å². The summed E-state index contributed by atoms with van der Waals surface area (Å²) in [6.07, 6.45) is 5.16. The number of nitrogens with zero attached hydrogens (tertiary/aromatic N) is 2. The molecule has 0 unspecified atom stereocenters. The summed E-state index contributed by atoms with van der Waals surface area (Å²) >= 11 is 0. The van der Waals surface area contributed by atoms with Gasteiger partial charge in [-0.2, -0.15) is 0 Å². The lowest BCUT2D eigenvalue weighted by Crippen LogP contribution is -2.68. The molecule has 1 saturated carbocycles. The number of benzene rings is 2. The molecule has 7 nitrogen and oxygen atoms in total. The van der Waals surface area contributed by atoms with Crippen molar-refractivity contribution in [3.63, 3.8) is 0 Å². The van der Waals surface area contributed by atoms with Crippen molar-refractivity contribution < 1.29 is 23.8 Å². The van der Waals surface area contributed by atoms with Crippen molar-refractivity contribution in [2.75, 3.05) is 27.2 Å². The van der Waals surface area contributed by atoms with Crippen molar-refractivity contribution in [3.05, 3.63) is 64.7 Å². The Morgan fingerprint density at radius 1 is 1.22 bits per heavy atom. The summed E-state index contributed by atoms with van der Waals surface area (Å²) in [6.45, 7) is 11.3. The summed E-state index contributed by atoms with van der Waals surface area (Å²) in [5.41, 5.74) is 5.01. The van der Waals surface area contributed by atoms with E-state index in [-0.39, 0.29) is 35.5 Å². The molecule has 2 aromatic rings. The molecule has 2 fully saturated rings. The van der Waals surface area contributed by atoms with Crippen LogP contribution in [0.5, 0.6) is 17.2 Å². The summed E-state index contributed by atoms with van der Waals surface area (Å²) in [7, 11) is 3.46. The molecule has 0 aromatic heterocycles. The predicted molar refractivity (Wildman–Crippen MR) is 156 cm³/mol. The molecule has 0 radical (unpaired) electrons. The Morgan fingerprint density at radius 2 is 2.02 bits per heavy atom. The van der Waals surface area contributed by atoms with Crippen LogP contribution in [-0.4, -0.2) is 67.1 Å². The number of ether oxygens (including phenoxy) is 3. The first-order valence-electron chi connectivity index (χ1n) is 14.5. The average Bonchev–Trinajstić information content (AvgIpc) is 3.29. The molecule has 4 aliphatic rings. The van der Waals surface area contributed by atoms with Crippen LogP contribution < -0.4 is 14.2 Å². The van der Waals surface area contributed by atoms with Gasteiger partial charge in [0.2, 0.25) is 0 Å². The van der Waals surface area contributed by atoms with Gasteiger partial charge in [-0.1, -0.05) is 18.1 Å². The molecule has 2 aliphatic carbocycles. The van der Waals surface area contributed by atoms with Gasteiger partial charge in [-0.05, 0) is 75.3 Å². The van der Waals surface area contributed by atoms with Gasteiger partial charge in [-0.3, -0.25) is 14.5 Å². The average molecular weight is 555 g/mol. The molecule has 41 heavy (non-hydrogen) atoms. The van der Waals surface area contributed by atoms with Gasteiger partial charge in [-0.15, -0.1) is 6.58 Å². The SMILES string of the molecule is C=CCN1CC[C@]23c4c5c(OC(C)=O)cc(OC)c4O[C@H]2[C@H](N(C)C(=O)C#Cc2ccc(C)c(C)c2)CC[C@H]3[C@H]1C5. The Morgan fingerprint density at radius 3 is 2.73 bits per heavy atom. The highest BCUT2D eigenvalue weighted by atomic mass is 16.5. The molecule has 2 aliphatic heterocycles.